The number of carbonyl (C=O) groups is 2. The fraction of sp³-hybridized carbons (Fsp3) is 0.267. The summed E-state index contributed by atoms with van der Waals surface area (Å²) in [5.74, 6) is -0.938. The molecule has 0 bridgehead atoms. The van der Waals surface area contributed by atoms with E-state index in [1.807, 2.05) is 32.0 Å². The van der Waals surface area contributed by atoms with Crippen LogP contribution in [0.2, 0.25) is 0 Å². The van der Waals surface area contributed by atoms with Gasteiger partial charge in [0.05, 0.1) is 21.5 Å². The average Bonchev–Trinajstić information content (AvgIpc) is 3.36. The predicted octanol–water partition coefficient (Wildman–Crippen LogP) is 5.88. The number of carbonyl (C=O) groups excluding carboxylic acids is 2. The summed E-state index contributed by atoms with van der Waals surface area (Å²) in [6.07, 6.45) is 1.65. The molecule has 1 atom stereocenters. The number of aryl methyl sites for hydroxylation is 1. The van der Waals surface area contributed by atoms with Crippen molar-refractivity contribution in [2.24, 2.45) is 0 Å². The Balaban J connectivity index is 1.62. The van der Waals surface area contributed by atoms with Crippen LogP contribution in [0.1, 0.15) is 71.0 Å². The molecule has 37 heavy (non-hydrogen) atoms. The SMILES string of the molecule is Cc1ccc(S(=O)(=O)n2cc(C(C)CN3C(=O)c4ccccc4C3=O)c3cc(C(C)(C)C)ccc32)cc1. The highest BCUT2D eigenvalue weighted by atomic mass is 32.2. The van der Waals surface area contributed by atoms with E-state index in [0.29, 0.717) is 16.6 Å². The van der Waals surface area contributed by atoms with Crippen molar-refractivity contribution in [3.8, 4) is 0 Å². The quantitative estimate of drug-likeness (QED) is 0.312. The minimum absolute atomic E-state index is 0.144. The zero-order valence-corrected chi connectivity index (χ0v) is 22.5. The van der Waals surface area contributed by atoms with E-state index >= 15 is 0 Å². The summed E-state index contributed by atoms with van der Waals surface area (Å²) >= 11 is 0. The van der Waals surface area contributed by atoms with E-state index in [9.17, 15) is 18.0 Å². The van der Waals surface area contributed by atoms with Crippen LogP contribution in [0.4, 0.5) is 0 Å². The van der Waals surface area contributed by atoms with Gasteiger partial charge in [0.2, 0.25) is 0 Å². The van der Waals surface area contributed by atoms with Gasteiger partial charge in [0, 0.05) is 24.0 Å². The molecule has 0 spiro atoms. The molecule has 0 fully saturated rings. The molecule has 6 nitrogen and oxygen atoms in total. The third-order valence-corrected chi connectivity index (χ3v) is 8.80. The molecule has 2 heterocycles. The van der Waals surface area contributed by atoms with Crippen LogP contribution in [0, 0.1) is 6.92 Å². The van der Waals surface area contributed by atoms with Crippen molar-refractivity contribution in [2.45, 2.75) is 50.8 Å². The summed E-state index contributed by atoms with van der Waals surface area (Å²) in [6, 6.07) is 19.4. The Morgan fingerprint density at radius 3 is 2.03 bits per heavy atom. The van der Waals surface area contributed by atoms with E-state index in [1.54, 1.807) is 54.7 Å². The molecule has 5 rings (SSSR count). The molecule has 0 radical (unpaired) electrons. The minimum atomic E-state index is -3.87. The second-order valence-electron chi connectivity index (χ2n) is 10.8. The lowest BCUT2D eigenvalue weighted by atomic mass is 9.85. The number of nitrogens with zero attached hydrogens (tertiary/aromatic N) is 2. The van der Waals surface area contributed by atoms with Crippen molar-refractivity contribution >= 4 is 32.7 Å². The second kappa shape index (κ2) is 8.70. The van der Waals surface area contributed by atoms with E-state index in [0.717, 1.165) is 22.1 Å². The molecular weight excluding hydrogens is 484 g/mol. The van der Waals surface area contributed by atoms with Gasteiger partial charge in [-0.1, -0.05) is 63.6 Å². The number of imide groups is 1. The number of benzene rings is 3. The monoisotopic (exact) mass is 514 g/mol. The summed E-state index contributed by atoms with van der Waals surface area (Å²) in [5, 5.41) is 0.798. The van der Waals surface area contributed by atoms with Gasteiger partial charge < -0.3 is 0 Å². The maximum absolute atomic E-state index is 13.7. The summed E-state index contributed by atoms with van der Waals surface area (Å²) < 4.78 is 28.8. The normalized spacial score (nSPS) is 14.9. The van der Waals surface area contributed by atoms with E-state index in [1.165, 1.54) is 8.87 Å². The Kier molecular flexibility index (Phi) is 5.87. The van der Waals surface area contributed by atoms with Gasteiger partial charge in [-0.05, 0) is 59.9 Å². The minimum Gasteiger partial charge on any atom is -0.274 e. The molecule has 1 unspecified atom stereocenters. The van der Waals surface area contributed by atoms with Crippen LogP contribution < -0.4 is 0 Å². The van der Waals surface area contributed by atoms with E-state index in [4.69, 9.17) is 0 Å². The maximum Gasteiger partial charge on any atom is 0.268 e. The molecule has 3 aromatic carbocycles. The summed E-state index contributed by atoms with van der Waals surface area (Å²) in [4.78, 5) is 27.5. The van der Waals surface area contributed by atoms with Gasteiger partial charge in [0.15, 0.2) is 0 Å². The molecular formula is C30H30N2O4S. The van der Waals surface area contributed by atoms with Crippen molar-refractivity contribution < 1.29 is 18.0 Å². The first-order valence-electron chi connectivity index (χ1n) is 12.3. The van der Waals surface area contributed by atoms with Crippen molar-refractivity contribution in [3.05, 3.63) is 101 Å². The third-order valence-electron chi connectivity index (χ3n) is 7.11. The second-order valence-corrected chi connectivity index (χ2v) is 12.7. The van der Waals surface area contributed by atoms with Crippen LogP contribution in [0.5, 0.6) is 0 Å². The van der Waals surface area contributed by atoms with Gasteiger partial charge in [0.25, 0.3) is 21.8 Å². The Morgan fingerprint density at radius 1 is 0.865 bits per heavy atom. The number of rotatable bonds is 5. The Labute approximate surface area is 217 Å². The van der Waals surface area contributed by atoms with Gasteiger partial charge in [-0.2, -0.15) is 0 Å². The first-order valence-corrected chi connectivity index (χ1v) is 13.8. The van der Waals surface area contributed by atoms with Crippen molar-refractivity contribution in [2.75, 3.05) is 6.54 Å². The topological polar surface area (TPSA) is 76.5 Å². The first-order chi connectivity index (χ1) is 17.4. The Hall–Kier alpha value is -3.71. The summed E-state index contributed by atoms with van der Waals surface area (Å²) in [5.41, 5.74) is 4.04. The third kappa shape index (κ3) is 4.17. The predicted molar refractivity (Wildman–Crippen MR) is 145 cm³/mol. The van der Waals surface area contributed by atoms with Gasteiger partial charge >= 0.3 is 0 Å². The molecule has 0 saturated carbocycles. The Bertz CT molecular complexity index is 1620. The van der Waals surface area contributed by atoms with Gasteiger partial charge in [0.1, 0.15) is 0 Å². The number of hydrogen-bond acceptors (Lipinski definition) is 4. The molecule has 1 aromatic heterocycles. The van der Waals surface area contributed by atoms with Crippen LogP contribution in [-0.2, 0) is 15.4 Å². The lowest BCUT2D eigenvalue weighted by Crippen LogP contribution is -2.33. The number of fused-ring (bicyclic) bond motifs is 2. The maximum atomic E-state index is 13.7. The summed E-state index contributed by atoms with van der Waals surface area (Å²) in [7, 11) is -3.87. The average molecular weight is 515 g/mol. The summed E-state index contributed by atoms with van der Waals surface area (Å²) in [6.45, 7) is 10.3. The van der Waals surface area contributed by atoms with Crippen LogP contribution in [0.25, 0.3) is 10.9 Å². The van der Waals surface area contributed by atoms with Gasteiger partial charge in [-0.3, -0.25) is 14.5 Å². The number of hydrogen-bond donors (Lipinski definition) is 0. The standard InChI is InChI=1S/C30H30N2O4S/c1-19-10-13-22(14-11-19)37(35,36)32-18-26(25-16-21(30(3,4)5)12-15-27(25)32)20(2)17-31-28(33)23-8-6-7-9-24(23)29(31)34/h6-16,18,20H,17H2,1-5H3. The number of amides is 2. The molecule has 1 aliphatic rings. The lowest BCUT2D eigenvalue weighted by molar-refractivity contribution is 0.0646. The Morgan fingerprint density at radius 2 is 1.46 bits per heavy atom. The highest BCUT2D eigenvalue weighted by molar-refractivity contribution is 7.90. The zero-order chi connectivity index (χ0) is 26.7. The highest BCUT2D eigenvalue weighted by Gasteiger charge is 2.36. The molecule has 7 heteroatoms. The van der Waals surface area contributed by atoms with Crippen LogP contribution in [-0.4, -0.2) is 35.6 Å². The fourth-order valence-electron chi connectivity index (χ4n) is 4.88. The van der Waals surface area contributed by atoms with E-state index < -0.39 is 10.0 Å². The van der Waals surface area contributed by atoms with Crippen molar-refractivity contribution in [1.29, 1.82) is 0 Å². The first kappa shape index (κ1) is 25.0. The fourth-order valence-corrected chi connectivity index (χ4v) is 6.26. The molecule has 0 N–H and O–H groups in total. The van der Waals surface area contributed by atoms with Crippen molar-refractivity contribution in [1.82, 2.24) is 8.87 Å². The van der Waals surface area contributed by atoms with Crippen LogP contribution in [0.15, 0.2) is 77.8 Å². The molecule has 0 aliphatic carbocycles. The molecule has 190 valence electrons. The van der Waals surface area contributed by atoms with Crippen LogP contribution in [0.3, 0.4) is 0 Å². The molecule has 0 saturated heterocycles. The van der Waals surface area contributed by atoms with Gasteiger partial charge in [-0.25, -0.2) is 12.4 Å². The zero-order valence-electron chi connectivity index (χ0n) is 21.6. The highest BCUT2D eigenvalue weighted by Crippen LogP contribution is 2.35. The lowest BCUT2D eigenvalue weighted by Gasteiger charge is -2.21. The van der Waals surface area contributed by atoms with E-state index in [2.05, 4.69) is 20.8 Å². The van der Waals surface area contributed by atoms with Gasteiger partial charge in [-0.15, -0.1) is 0 Å². The van der Waals surface area contributed by atoms with Crippen molar-refractivity contribution in [3.63, 3.8) is 0 Å². The number of aromatic nitrogens is 1. The largest absolute Gasteiger partial charge is 0.274 e. The molecule has 4 aromatic rings. The van der Waals surface area contributed by atoms with Crippen LogP contribution >= 0.6 is 0 Å². The smallest absolute Gasteiger partial charge is 0.268 e. The molecule has 1 aliphatic heterocycles. The van der Waals surface area contributed by atoms with E-state index in [-0.39, 0.29) is 34.6 Å². The molecule has 2 amide bonds.